The zero-order valence-corrected chi connectivity index (χ0v) is 15.1. The molecule has 0 saturated carbocycles. The second-order valence-electron chi connectivity index (χ2n) is 6.69. The molecule has 1 aliphatic heterocycles. The minimum absolute atomic E-state index is 0.0606. The highest BCUT2D eigenvalue weighted by Gasteiger charge is 2.34. The quantitative estimate of drug-likeness (QED) is 0.883. The first-order valence-corrected chi connectivity index (χ1v) is 8.60. The highest BCUT2D eigenvalue weighted by molar-refractivity contribution is 9.10. The van der Waals surface area contributed by atoms with Gasteiger partial charge in [0.1, 0.15) is 0 Å². The summed E-state index contributed by atoms with van der Waals surface area (Å²) in [6.07, 6.45) is 3.50. The summed E-state index contributed by atoms with van der Waals surface area (Å²) in [6.45, 7) is 5.31. The van der Waals surface area contributed by atoms with Crippen molar-refractivity contribution in [1.82, 2.24) is 9.80 Å². The Morgan fingerprint density at radius 3 is 2.29 bits per heavy atom. The summed E-state index contributed by atoms with van der Waals surface area (Å²) in [5.74, 6) is 0. The Hall–Kier alpha value is -0.420. The molecule has 1 heterocycles. The predicted octanol–water partition coefficient (Wildman–Crippen LogP) is 2.74. The molecular weight excluding hydrogens is 326 g/mol. The highest BCUT2D eigenvalue weighted by Crippen LogP contribution is 2.26. The van der Waals surface area contributed by atoms with Gasteiger partial charge in [0.15, 0.2) is 0 Å². The van der Waals surface area contributed by atoms with Gasteiger partial charge in [-0.05, 0) is 58.0 Å². The maximum Gasteiger partial charge on any atom is 0.0343 e. The van der Waals surface area contributed by atoms with Gasteiger partial charge >= 0.3 is 0 Å². The Labute approximate surface area is 137 Å². The van der Waals surface area contributed by atoms with E-state index >= 15 is 0 Å². The average Bonchev–Trinajstić information content (AvgIpc) is 2.49. The van der Waals surface area contributed by atoms with Gasteiger partial charge in [-0.25, -0.2) is 0 Å². The van der Waals surface area contributed by atoms with Gasteiger partial charge in [0.05, 0.1) is 0 Å². The maximum absolute atomic E-state index is 6.15. The Balaban J connectivity index is 2.02. The van der Waals surface area contributed by atoms with E-state index in [4.69, 9.17) is 5.73 Å². The first kappa shape index (κ1) is 16.9. The SMILES string of the molecule is CN(C)C1CCN(C(C)(CN)Cc2ccc(Br)cc2)CC1. The van der Waals surface area contributed by atoms with Gasteiger partial charge in [-0.1, -0.05) is 28.1 Å². The molecule has 1 saturated heterocycles. The number of likely N-dealkylation sites (tertiary alicyclic amines) is 1. The number of rotatable bonds is 5. The second-order valence-corrected chi connectivity index (χ2v) is 7.60. The van der Waals surface area contributed by atoms with E-state index in [9.17, 15) is 0 Å². The van der Waals surface area contributed by atoms with Gasteiger partial charge in [0.2, 0.25) is 0 Å². The molecule has 1 fully saturated rings. The molecule has 0 bridgehead atoms. The Morgan fingerprint density at radius 2 is 1.81 bits per heavy atom. The van der Waals surface area contributed by atoms with Gasteiger partial charge in [-0.2, -0.15) is 0 Å². The molecule has 0 aliphatic carbocycles. The summed E-state index contributed by atoms with van der Waals surface area (Å²) in [6, 6.07) is 9.35. The minimum atomic E-state index is 0.0606. The van der Waals surface area contributed by atoms with Crippen molar-refractivity contribution in [1.29, 1.82) is 0 Å². The van der Waals surface area contributed by atoms with Gasteiger partial charge < -0.3 is 10.6 Å². The summed E-state index contributed by atoms with van der Waals surface area (Å²) < 4.78 is 1.13. The van der Waals surface area contributed by atoms with Gasteiger partial charge in [-0.15, -0.1) is 0 Å². The lowest BCUT2D eigenvalue weighted by Crippen LogP contribution is -2.57. The van der Waals surface area contributed by atoms with E-state index in [1.165, 1.54) is 18.4 Å². The van der Waals surface area contributed by atoms with Gasteiger partial charge in [0, 0.05) is 35.7 Å². The van der Waals surface area contributed by atoms with Crippen molar-refractivity contribution >= 4 is 15.9 Å². The molecule has 0 spiro atoms. The molecule has 1 aromatic rings. The van der Waals surface area contributed by atoms with E-state index in [1.54, 1.807) is 0 Å². The van der Waals surface area contributed by atoms with Crippen LogP contribution in [0.25, 0.3) is 0 Å². The van der Waals surface area contributed by atoms with Crippen LogP contribution in [0, 0.1) is 0 Å². The fourth-order valence-corrected chi connectivity index (χ4v) is 3.54. The third-order valence-electron chi connectivity index (χ3n) is 4.90. The van der Waals surface area contributed by atoms with Crippen molar-refractivity contribution in [2.45, 2.75) is 37.8 Å². The second kappa shape index (κ2) is 7.23. The van der Waals surface area contributed by atoms with Crippen molar-refractivity contribution in [3.8, 4) is 0 Å². The number of benzene rings is 1. The zero-order chi connectivity index (χ0) is 15.5. The molecule has 21 heavy (non-hydrogen) atoms. The number of nitrogens with zero attached hydrogens (tertiary/aromatic N) is 2. The van der Waals surface area contributed by atoms with E-state index in [-0.39, 0.29) is 5.54 Å². The van der Waals surface area contributed by atoms with Crippen LogP contribution in [-0.2, 0) is 6.42 Å². The summed E-state index contributed by atoms with van der Waals surface area (Å²) >= 11 is 3.50. The van der Waals surface area contributed by atoms with Gasteiger partial charge in [0.25, 0.3) is 0 Å². The van der Waals surface area contributed by atoms with Crippen molar-refractivity contribution in [2.24, 2.45) is 5.73 Å². The van der Waals surface area contributed by atoms with E-state index in [2.05, 4.69) is 71.0 Å². The van der Waals surface area contributed by atoms with Crippen LogP contribution in [0.3, 0.4) is 0 Å². The molecular formula is C17H28BrN3. The summed E-state index contributed by atoms with van der Waals surface area (Å²) in [4.78, 5) is 4.95. The van der Waals surface area contributed by atoms with Crippen LogP contribution in [0.4, 0.5) is 0 Å². The Morgan fingerprint density at radius 1 is 1.24 bits per heavy atom. The Bertz CT molecular complexity index is 438. The molecule has 1 atom stereocenters. The van der Waals surface area contributed by atoms with Crippen LogP contribution in [0.1, 0.15) is 25.3 Å². The predicted molar refractivity (Wildman–Crippen MR) is 93.6 cm³/mol. The molecule has 2 rings (SSSR count). The number of nitrogens with two attached hydrogens (primary N) is 1. The average molecular weight is 354 g/mol. The molecule has 1 unspecified atom stereocenters. The lowest BCUT2D eigenvalue weighted by molar-refractivity contribution is 0.0560. The normalized spacial score (nSPS) is 20.7. The van der Waals surface area contributed by atoms with Crippen LogP contribution >= 0.6 is 15.9 Å². The van der Waals surface area contributed by atoms with Crippen molar-refractivity contribution in [2.75, 3.05) is 33.7 Å². The molecule has 2 N–H and O–H groups in total. The number of hydrogen-bond acceptors (Lipinski definition) is 3. The van der Waals surface area contributed by atoms with E-state index in [0.29, 0.717) is 6.54 Å². The van der Waals surface area contributed by atoms with Crippen LogP contribution in [-0.4, -0.2) is 55.1 Å². The topological polar surface area (TPSA) is 32.5 Å². The first-order valence-electron chi connectivity index (χ1n) is 7.80. The summed E-state index contributed by atoms with van der Waals surface area (Å²) in [5, 5.41) is 0. The van der Waals surface area contributed by atoms with Crippen LogP contribution in [0.5, 0.6) is 0 Å². The molecule has 1 aliphatic rings. The van der Waals surface area contributed by atoms with E-state index in [0.717, 1.165) is 30.0 Å². The molecule has 0 aromatic heterocycles. The lowest BCUT2D eigenvalue weighted by atomic mass is 9.88. The zero-order valence-electron chi connectivity index (χ0n) is 13.5. The first-order chi connectivity index (χ1) is 9.94. The molecule has 3 nitrogen and oxygen atoms in total. The molecule has 118 valence electrons. The van der Waals surface area contributed by atoms with E-state index < -0.39 is 0 Å². The summed E-state index contributed by atoms with van der Waals surface area (Å²) in [7, 11) is 4.37. The molecule has 1 aromatic carbocycles. The number of piperidine rings is 1. The fourth-order valence-electron chi connectivity index (χ4n) is 3.28. The van der Waals surface area contributed by atoms with Crippen LogP contribution in [0.15, 0.2) is 28.7 Å². The van der Waals surface area contributed by atoms with Gasteiger partial charge in [-0.3, -0.25) is 4.90 Å². The third kappa shape index (κ3) is 4.28. The van der Waals surface area contributed by atoms with Crippen molar-refractivity contribution in [3.63, 3.8) is 0 Å². The smallest absolute Gasteiger partial charge is 0.0343 e. The Kier molecular flexibility index (Phi) is 5.83. The summed E-state index contributed by atoms with van der Waals surface area (Å²) in [5.41, 5.74) is 7.57. The van der Waals surface area contributed by atoms with Crippen LogP contribution in [0.2, 0.25) is 0 Å². The molecule has 0 amide bonds. The number of hydrogen-bond donors (Lipinski definition) is 1. The largest absolute Gasteiger partial charge is 0.329 e. The fraction of sp³-hybridized carbons (Fsp3) is 0.647. The van der Waals surface area contributed by atoms with Crippen molar-refractivity contribution < 1.29 is 0 Å². The monoisotopic (exact) mass is 353 g/mol. The van der Waals surface area contributed by atoms with E-state index in [1.807, 2.05) is 0 Å². The van der Waals surface area contributed by atoms with Crippen LogP contribution < -0.4 is 5.73 Å². The van der Waals surface area contributed by atoms with Crippen molar-refractivity contribution in [3.05, 3.63) is 34.3 Å². The minimum Gasteiger partial charge on any atom is -0.329 e. The maximum atomic E-state index is 6.15. The lowest BCUT2D eigenvalue weighted by Gasteiger charge is -2.45. The standard InChI is InChI=1S/C17H28BrN3/c1-17(13-19,12-14-4-6-15(18)7-5-14)21-10-8-16(9-11-21)20(2)3/h4-7,16H,8-13,19H2,1-3H3. The highest BCUT2D eigenvalue weighted by atomic mass is 79.9. The molecule has 0 radical (unpaired) electrons. The number of halogens is 1. The third-order valence-corrected chi connectivity index (χ3v) is 5.42. The molecule has 4 heteroatoms.